The molecular formula is C27H25N3O7S. The number of aryl methyl sites for hydroxylation is 1. The number of nitrogens with one attached hydrogen (secondary N) is 1. The van der Waals surface area contributed by atoms with Gasteiger partial charge >= 0.3 is 6.03 Å². The normalized spacial score (nSPS) is 15.6. The van der Waals surface area contributed by atoms with Gasteiger partial charge in [-0.25, -0.2) is 17.2 Å². The molecule has 0 bridgehead atoms. The number of benzene rings is 3. The molecule has 1 saturated heterocycles. The average molecular weight is 536 g/mol. The minimum Gasteiger partial charge on any atom is -0.493 e. The molecule has 3 aromatic carbocycles. The molecule has 1 fully saturated rings. The number of hydrogen-bond acceptors (Lipinski definition) is 7. The monoisotopic (exact) mass is 535 g/mol. The number of rotatable bonds is 7. The first-order valence-corrected chi connectivity index (χ1v) is 13.0. The van der Waals surface area contributed by atoms with Crippen LogP contribution in [-0.4, -0.2) is 45.7 Å². The molecule has 0 spiro atoms. The Kier molecular flexibility index (Phi) is 6.23. The van der Waals surface area contributed by atoms with Gasteiger partial charge in [0.05, 0.1) is 31.7 Å². The van der Waals surface area contributed by atoms with Gasteiger partial charge in [0.2, 0.25) is 5.75 Å². The van der Waals surface area contributed by atoms with Gasteiger partial charge in [-0.2, -0.15) is 0 Å². The smallest absolute Gasteiger partial charge is 0.329 e. The van der Waals surface area contributed by atoms with Crippen molar-refractivity contribution in [2.45, 2.75) is 17.9 Å². The van der Waals surface area contributed by atoms with Crippen molar-refractivity contribution >= 4 is 38.6 Å². The molecule has 5 rings (SSSR count). The molecule has 1 unspecified atom stereocenters. The first-order chi connectivity index (χ1) is 18.2. The first-order valence-electron chi connectivity index (χ1n) is 11.6. The van der Waals surface area contributed by atoms with Crippen LogP contribution in [0.1, 0.15) is 17.2 Å². The van der Waals surface area contributed by atoms with Crippen molar-refractivity contribution in [3.8, 4) is 17.2 Å². The van der Waals surface area contributed by atoms with E-state index in [9.17, 15) is 18.0 Å². The Morgan fingerprint density at radius 2 is 1.50 bits per heavy atom. The molecule has 1 N–H and O–H groups in total. The molecule has 38 heavy (non-hydrogen) atoms. The molecule has 1 aliphatic heterocycles. The fourth-order valence-electron chi connectivity index (χ4n) is 4.58. The third kappa shape index (κ3) is 4.01. The summed E-state index contributed by atoms with van der Waals surface area (Å²) in [7, 11) is 0.555. The number of aromatic nitrogens is 1. The number of fused-ring (bicyclic) bond motifs is 1. The zero-order valence-corrected chi connectivity index (χ0v) is 21.9. The minimum atomic E-state index is -3.84. The summed E-state index contributed by atoms with van der Waals surface area (Å²) in [5.74, 6) is 0.502. The van der Waals surface area contributed by atoms with Crippen molar-refractivity contribution in [2.24, 2.45) is 0 Å². The SMILES string of the molecule is COc1cc(C2C(=O)NC(=O)N2c2ccc3c(ccn3S(=O)(=O)c3ccc(C)cc3)c2)cc(OC)c1OC. The summed E-state index contributed by atoms with van der Waals surface area (Å²) >= 11 is 0. The van der Waals surface area contributed by atoms with Gasteiger partial charge in [0.15, 0.2) is 11.5 Å². The van der Waals surface area contributed by atoms with E-state index in [1.807, 2.05) is 6.92 Å². The maximum atomic E-state index is 13.3. The lowest BCUT2D eigenvalue weighted by molar-refractivity contribution is -0.119. The van der Waals surface area contributed by atoms with Gasteiger partial charge in [-0.1, -0.05) is 17.7 Å². The first kappa shape index (κ1) is 25.2. The Balaban J connectivity index is 1.58. The molecule has 196 valence electrons. The molecule has 4 aromatic rings. The fourth-order valence-corrected chi connectivity index (χ4v) is 5.94. The van der Waals surface area contributed by atoms with Crippen LogP contribution in [0.3, 0.4) is 0 Å². The molecule has 2 heterocycles. The highest BCUT2D eigenvalue weighted by molar-refractivity contribution is 7.90. The maximum absolute atomic E-state index is 13.3. The van der Waals surface area contributed by atoms with E-state index < -0.39 is 28.0 Å². The van der Waals surface area contributed by atoms with Crippen molar-refractivity contribution in [2.75, 3.05) is 26.2 Å². The van der Waals surface area contributed by atoms with Gasteiger partial charge in [-0.15, -0.1) is 0 Å². The van der Waals surface area contributed by atoms with Crippen molar-refractivity contribution in [1.82, 2.24) is 9.29 Å². The minimum absolute atomic E-state index is 0.164. The molecule has 1 aliphatic rings. The number of imide groups is 1. The van der Waals surface area contributed by atoms with Crippen molar-refractivity contribution in [3.05, 3.63) is 78.0 Å². The molecule has 11 heteroatoms. The summed E-state index contributed by atoms with van der Waals surface area (Å²) < 4.78 is 44.0. The highest BCUT2D eigenvalue weighted by Crippen LogP contribution is 2.42. The van der Waals surface area contributed by atoms with E-state index in [0.717, 1.165) is 5.56 Å². The quantitative estimate of drug-likeness (QED) is 0.356. The van der Waals surface area contributed by atoms with Crippen LogP contribution in [0.4, 0.5) is 10.5 Å². The molecule has 3 amide bonds. The number of urea groups is 1. The largest absolute Gasteiger partial charge is 0.493 e. The van der Waals surface area contributed by atoms with Crippen LogP contribution in [0.25, 0.3) is 10.9 Å². The van der Waals surface area contributed by atoms with Crippen LogP contribution < -0.4 is 24.4 Å². The van der Waals surface area contributed by atoms with Crippen molar-refractivity contribution in [3.63, 3.8) is 0 Å². The topological polar surface area (TPSA) is 116 Å². The Morgan fingerprint density at radius 3 is 2.11 bits per heavy atom. The Labute approximate surface area is 219 Å². The number of anilines is 1. The number of nitrogens with zero attached hydrogens (tertiary/aromatic N) is 2. The molecule has 0 radical (unpaired) electrons. The summed E-state index contributed by atoms with van der Waals surface area (Å²) in [6.07, 6.45) is 1.47. The van der Waals surface area contributed by atoms with Gasteiger partial charge in [0.25, 0.3) is 15.9 Å². The highest BCUT2D eigenvalue weighted by atomic mass is 32.2. The lowest BCUT2D eigenvalue weighted by atomic mass is 10.0. The van der Waals surface area contributed by atoms with Crippen LogP contribution in [0.5, 0.6) is 17.2 Å². The molecular weight excluding hydrogens is 510 g/mol. The standard InChI is InChI=1S/C27H25N3O7S/c1-16-5-8-20(9-6-16)38(33,34)29-12-11-17-13-19(7-10-21(17)29)30-24(26(31)28-27(30)32)18-14-22(35-2)25(37-4)23(15-18)36-3/h5-15,24H,1-4H3,(H,28,31,32). The van der Waals surface area contributed by atoms with E-state index in [1.54, 1.807) is 60.7 Å². The zero-order valence-electron chi connectivity index (χ0n) is 21.1. The molecule has 1 aromatic heterocycles. The lowest BCUT2D eigenvalue weighted by Crippen LogP contribution is -2.29. The Bertz CT molecular complexity index is 1650. The second-order valence-corrected chi connectivity index (χ2v) is 10.5. The van der Waals surface area contributed by atoms with E-state index in [2.05, 4.69) is 5.32 Å². The van der Waals surface area contributed by atoms with Crippen molar-refractivity contribution < 1.29 is 32.2 Å². The van der Waals surface area contributed by atoms with Crippen molar-refractivity contribution in [1.29, 1.82) is 0 Å². The Morgan fingerprint density at radius 1 is 0.842 bits per heavy atom. The van der Waals surface area contributed by atoms with E-state index >= 15 is 0 Å². The molecule has 1 atom stereocenters. The van der Waals surface area contributed by atoms with Crippen LogP contribution in [0.15, 0.2) is 71.8 Å². The number of hydrogen-bond donors (Lipinski definition) is 1. The zero-order chi connectivity index (χ0) is 27.2. The number of ether oxygens (including phenoxy) is 3. The second kappa shape index (κ2) is 9.42. The molecule has 0 saturated carbocycles. The Hall–Kier alpha value is -4.51. The number of carbonyl (C=O) groups is 2. The van der Waals surface area contributed by atoms with Gasteiger partial charge in [0, 0.05) is 17.3 Å². The molecule has 0 aliphatic carbocycles. The number of amides is 3. The summed E-state index contributed by atoms with van der Waals surface area (Å²) in [4.78, 5) is 27.3. The summed E-state index contributed by atoms with van der Waals surface area (Å²) in [6.45, 7) is 1.88. The highest BCUT2D eigenvalue weighted by Gasteiger charge is 2.41. The maximum Gasteiger partial charge on any atom is 0.329 e. The van der Waals surface area contributed by atoms with Gasteiger partial charge < -0.3 is 14.2 Å². The summed E-state index contributed by atoms with van der Waals surface area (Å²) in [5, 5.41) is 2.93. The predicted octanol–water partition coefficient (Wildman–Crippen LogP) is 4.01. The van der Waals surface area contributed by atoms with E-state index in [0.29, 0.717) is 39.4 Å². The predicted molar refractivity (Wildman–Crippen MR) is 141 cm³/mol. The summed E-state index contributed by atoms with van der Waals surface area (Å²) in [6, 6.07) is 14.7. The van der Waals surface area contributed by atoms with E-state index in [1.165, 1.54) is 36.4 Å². The van der Waals surface area contributed by atoms with Crippen LogP contribution in [0.2, 0.25) is 0 Å². The van der Waals surface area contributed by atoms with E-state index in [-0.39, 0.29) is 4.90 Å². The second-order valence-electron chi connectivity index (χ2n) is 8.70. The van der Waals surface area contributed by atoms with Gasteiger partial charge in [0.1, 0.15) is 6.04 Å². The van der Waals surface area contributed by atoms with Crippen LogP contribution in [-0.2, 0) is 14.8 Å². The van der Waals surface area contributed by atoms with Crippen LogP contribution >= 0.6 is 0 Å². The molecule has 10 nitrogen and oxygen atoms in total. The van der Waals surface area contributed by atoms with Crippen LogP contribution in [0, 0.1) is 6.92 Å². The number of methoxy groups -OCH3 is 3. The van der Waals surface area contributed by atoms with E-state index in [4.69, 9.17) is 14.2 Å². The number of carbonyl (C=O) groups excluding carboxylic acids is 2. The fraction of sp³-hybridized carbons (Fsp3) is 0.185. The lowest BCUT2D eigenvalue weighted by Gasteiger charge is -2.24. The summed E-state index contributed by atoms with van der Waals surface area (Å²) in [5.41, 5.74) is 2.24. The third-order valence-corrected chi connectivity index (χ3v) is 8.16. The third-order valence-electron chi connectivity index (χ3n) is 6.45. The van der Waals surface area contributed by atoms with Gasteiger partial charge in [-0.3, -0.25) is 15.0 Å². The average Bonchev–Trinajstić information content (AvgIpc) is 3.47. The van der Waals surface area contributed by atoms with Gasteiger partial charge in [-0.05, 0) is 61.0 Å².